The van der Waals surface area contributed by atoms with E-state index < -0.39 is 16.6 Å². The minimum Gasteiger partial charge on any atom is -0.293 e. The number of rotatable bonds is 4. The number of halogens is 3. The standard InChI is InChI=1S/C14H9Cl2FO2S/c15-10-6-5-9(7-11(10)16)13(18)8-20(19)14-4-2-1-3-12(14)17/h1-7H,8H2. The lowest BCUT2D eigenvalue weighted by Gasteiger charge is -2.04. The molecule has 0 amide bonds. The zero-order valence-corrected chi connectivity index (χ0v) is 12.4. The Balaban J connectivity index is 2.17. The van der Waals surface area contributed by atoms with E-state index in [0.29, 0.717) is 10.6 Å². The highest BCUT2D eigenvalue weighted by molar-refractivity contribution is 7.85. The summed E-state index contributed by atoms with van der Waals surface area (Å²) >= 11 is 11.6. The molecule has 6 heteroatoms. The Morgan fingerprint density at radius 1 is 1.10 bits per heavy atom. The predicted octanol–water partition coefficient (Wildman–Crippen LogP) is 4.12. The van der Waals surface area contributed by atoms with Crippen LogP contribution in [0.5, 0.6) is 0 Å². The number of carbonyl (C=O) groups is 1. The summed E-state index contributed by atoms with van der Waals surface area (Å²) < 4.78 is 25.5. The number of ketones is 1. The fraction of sp³-hybridized carbons (Fsp3) is 0.0714. The fourth-order valence-electron chi connectivity index (χ4n) is 1.58. The summed E-state index contributed by atoms with van der Waals surface area (Å²) in [4.78, 5) is 12.0. The molecule has 1 atom stereocenters. The molecular formula is C14H9Cl2FO2S. The average Bonchev–Trinajstić information content (AvgIpc) is 2.42. The second-order valence-electron chi connectivity index (χ2n) is 3.97. The summed E-state index contributed by atoms with van der Waals surface area (Å²) in [6.45, 7) is 0. The largest absolute Gasteiger partial charge is 0.293 e. The van der Waals surface area contributed by atoms with Crippen LogP contribution in [0.2, 0.25) is 10.0 Å². The van der Waals surface area contributed by atoms with Crippen molar-refractivity contribution in [2.45, 2.75) is 4.90 Å². The van der Waals surface area contributed by atoms with E-state index in [-0.39, 0.29) is 21.5 Å². The van der Waals surface area contributed by atoms with Crippen LogP contribution in [0.3, 0.4) is 0 Å². The van der Waals surface area contributed by atoms with Crippen LogP contribution in [0.15, 0.2) is 47.4 Å². The molecule has 2 nitrogen and oxygen atoms in total. The first kappa shape index (κ1) is 15.2. The molecule has 2 aromatic carbocycles. The van der Waals surface area contributed by atoms with Gasteiger partial charge in [-0.2, -0.15) is 0 Å². The summed E-state index contributed by atoms with van der Waals surface area (Å²) in [7, 11) is -1.74. The summed E-state index contributed by atoms with van der Waals surface area (Å²) in [5, 5.41) is 0.577. The molecule has 0 N–H and O–H groups in total. The smallest absolute Gasteiger partial charge is 0.175 e. The minimum atomic E-state index is -1.74. The average molecular weight is 331 g/mol. The van der Waals surface area contributed by atoms with Crippen molar-refractivity contribution in [3.63, 3.8) is 0 Å². The van der Waals surface area contributed by atoms with Gasteiger partial charge in [0.15, 0.2) is 5.78 Å². The van der Waals surface area contributed by atoms with Crippen LogP contribution in [0.4, 0.5) is 4.39 Å². The summed E-state index contributed by atoms with van der Waals surface area (Å²) in [5.74, 6) is -1.28. The van der Waals surface area contributed by atoms with Crippen LogP contribution in [0, 0.1) is 5.82 Å². The van der Waals surface area contributed by atoms with E-state index >= 15 is 0 Å². The van der Waals surface area contributed by atoms with Crippen LogP contribution >= 0.6 is 23.2 Å². The van der Waals surface area contributed by atoms with E-state index in [1.807, 2.05) is 0 Å². The van der Waals surface area contributed by atoms with E-state index in [4.69, 9.17) is 23.2 Å². The number of hydrogen-bond acceptors (Lipinski definition) is 2. The maximum atomic E-state index is 13.5. The molecular weight excluding hydrogens is 322 g/mol. The lowest BCUT2D eigenvalue weighted by molar-refractivity contribution is 0.102. The SMILES string of the molecule is O=C(CS(=O)c1ccccc1F)c1ccc(Cl)c(Cl)c1. The molecule has 0 aliphatic carbocycles. The van der Waals surface area contributed by atoms with E-state index in [1.165, 1.54) is 36.4 Å². The molecule has 0 radical (unpaired) electrons. The molecule has 0 saturated carbocycles. The Morgan fingerprint density at radius 2 is 1.80 bits per heavy atom. The maximum absolute atomic E-state index is 13.5. The lowest BCUT2D eigenvalue weighted by atomic mass is 10.1. The van der Waals surface area contributed by atoms with Crippen molar-refractivity contribution in [3.8, 4) is 0 Å². The third kappa shape index (κ3) is 3.45. The molecule has 0 aromatic heterocycles. The van der Waals surface area contributed by atoms with Gasteiger partial charge in [0.2, 0.25) is 0 Å². The molecule has 0 saturated heterocycles. The third-order valence-electron chi connectivity index (χ3n) is 2.59. The van der Waals surface area contributed by atoms with Crippen molar-refractivity contribution in [3.05, 3.63) is 63.9 Å². The topological polar surface area (TPSA) is 34.1 Å². The van der Waals surface area contributed by atoms with Gasteiger partial charge in [0, 0.05) is 5.56 Å². The van der Waals surface area contributed by atoms with E-state index in [0.717, 1.165) is 0 Å². The molecule has 2 aromatic rings. The monoisotopic (exact) mass is 330 g/mol. The van der Waals surface area contributed by atoms with Crippen LogP contribution in [0.25, 0.3) is 0 Å². The molecule has 104 valence electrons. The zero-order valence-electron chi connectivity index (χ0n) is 10.1. The van der Waals surface area contributed by atoms with Gasteiger partial charge in [-0.25, -0.2) is 4.39 Å². The van der Waals surface area contributed by atoms with Crippen LogP contribution in [-0.2, 0) is 10.8 Å². The molecule has 0 spiro atoms. The lowest BCUT2D eigenvalue weighted by Crippen LogP contribution is -2.12. The normalized spacial score (nSPS) is 12.2. The number of benzene rings is 2. The first-order valence-corrected chi connectivity index (χ1v) is 7.67. The Hall–Kier alpha value is -1.23. The molecule has 0 bridgehead atoms. The number of hydrogen-bond donors (Lipinski definition) is 0. The van der Waals surface area contributed by atoms with Gasteiger partial charge >= 0.3 is 0 Å². The van der Waals surface area contributed by atoms with Gasteiger partial charge in [-0.3, -0.25) is 9.00 Å². The van der Waals surface area contributed by atoms with Gasteiger partial charge in [0.05, 0.1) is 31.5 Å². The van der Waals surface area contributed by atoms with Gasteiger partial charge in [0.25, 0.3) is 0 Å². The van der Waals surface area contributed by atoms with Crippen LogP contribution in [0.1, 0.15) is 10.4 Å². The summed E-state index contributed by atoms with van der Waals surface area (Å²) in [6.07, 6.45) is 0. The number of Topliss-reactive ketones (excluding diaryl/α,β-unsaturated/α-hetero) is 1. The molecule has 1 unspecified atom stereocenters. The van der Waals surface area contributed by atoms with Gasteiger partial charge in [0.1, 0.15) is 5.82 Å². The van der Waals surface area contributed by atoms with Crippen molar-refractivity contribution >= 4 is 39.8 Å². The zero-order chi connectivity index (χ0) is 14.7. The molecule has 0 aliphatic rings. The van der Waals surface area contributed by atoms with Gasteiger partial charge in [-0.1, -0.05) is 35.3 Å². The van der Waals surface area contributed by atoms with Crippen molar-refractivity contribution in [1.82, 2.24) is 0 Å². The molecule has 0 aliphatic heterocycles. The second kappa shape index (κ2) is 6.48. The molecule has 20 heavy (non-hydrogen) atoms. The Bertz CT molecular complexity index is 689. The minimum absolute atomic E-state index is 0.0147. The summed E-state index contributed by atoms with van der Waals surface area (Å²) in [6, 6.07) is 10.1. The Labute approximate surface area is 128 Å². The van der Waals surface area contributed by atoms with E-state index in [9.17, 15) is 13.4 Å². The van der Waals surface area contributed by atoms with E-state index in [2.05, 4.69) is 0 Å². The fourth-order valence-corrected chi connectivity index (χ4v) is 2.95. The van der Waals surface area contributed by atoms with Crippen molar-refractivity contribution in [2.24, 2.45) is 0 Å². The Kier molecular flexibility index (Phi) is 4.91. The van der Waals surface area contributed by atoms with Crippen molar-refractivity contribution < 1.29 is 13.4 Å². The van der Waals surface area contributed by atoms with Crippen LogP contribution in [-0.4, -0.2) is 15.7 Å². The molecule has 0 fully saturated rings. The van der Waals surface area contributed by atoms with Crippen molar-refractivity contribution in [2.75, 3.05) is 5.75 Å². The van der Waals surface area contributed by atoms with Gasteiger partial charge < -0.3 is 0 Å². The number of carbonyl (C=O) groups excluding carboxylic acids is 1. The second-order valence-corrected chi connectivity index (χ2v) is 6.21. The van der Waals surface area contributed by atoms with Crippen LogP contribution < -0.4 is 0 Å². The maximum Gasteiger partial charge on any atom is 0.175 e. The Morgan fingerprint density at radius 3 is 2.45 bits per heavy atom. The first-order valence-electron chi connectivity index (χ1n) is 5.60. The third-order valence-corrected chi connectivity index (χ3v) is 4.67. The van der Waals surface area contributed by atoms with Gasteiger partial charge in [-0.15, -0.1) is 0 Å². The van der Waals surface area contributed by atoms with Gasteiger partial charge in [-0.05, 0) is 30.3 Å². The highest BCUT2D eigenvalue weighted by Gasteiger charge is 2.16. The first-order chi connectivity index (χ1) is 9.49. The highest BCUT2D eigenvalue weighted by Crippen LogP contribution is 2.23. The van der Waals surface area contributed by atoms with Crippen molar-refractivity contribution in [1.29, 1.82) is 0 Å². The molecule has 0 heterocycles. The molecule has 2 rings (SSSR count). The highest BCUT2D eigenvalue weighted by atomic mass is 35.5. The quantitative estimate of drug-likeness (QED) is 0.790. The predicted molar refractivity (Wildman–Crippen MR) is 78.5 cm³/mol. The van der Waals surface area contributed by atoms with E-state index in [1.54, 1.807) is 6.07 Å². The summed E-state index contributed by atoms with van der Waals surface area (Å²) in [5.41, 5.74) is 0.295.